The van der Waals surface area contributed by atoms with Gasteiger partial charge in [-0.25, -0.2) is 9.78 Å². The van der Waals surface area contributed by atoms with Gasteiger partial charge in [0.1, 0.15) is 17.3 Å². The van der Waals surface area contributed by atoms with Gasteiger partial charge in [0.05, 0.1) is 5.69 Å². The van der Waals surface area contributed by atoms with Crippen molar-refractivity contribution >= 4 is 17.8 Å². The van der Waals surface area contributed by atoms with Crippen molar-refractivity contribution in [1.82, 2.24) is 14.9 Å². The number of rotatable bonds is 4. The summed E-state index contributed by atoms with van der Waals surface area (Å²) in [5.41, 5.74) is 5.01. The highest BCUT2D eigenvalue weighted by Gasteiger charge is 2.49. The molecule has 10 heteroatoms. The van der Waals surface area contributed by atoms with Gasteiger partial charge in [-0.15, -0.1) is 0 Å². The molecule has 1 aliphatic heterocycles. The van der Waals surface area contributed by atoms with Crippen molar-refractivity contribution in [2.24, 2.45) is 5.73 Å². The molecule has 31 heavy (non-hydrogen) atoms. The summed E-state index contributed by atoms with van der Waals surface area (Å²) < 4.78 is 40.2. The molecular formula is C21H24F3N5O2. The lowest BCUT2D eigenvalue weighted by atomic mass is 9.86. The Kier molecular flexibility index (Phi) is 5.93. The number of nitrogens with one attached hydrogen (secondary N) is 1. The van der Waals surface area contributed by atoms with Crippen molar-refractivity contribution in [3.63, 3.8) is 0 Å². The zero-order valence-corrected chi connectivity index (χ0v) is 17.5. The third-order valence-electron chi connectivity index (χ3n) is 5.61. The largest absolute Gasteiger partial charge is 0.399 e. The smallest absolute Gasteiger partial charge is 0.368 e. The first-order chi connectivity index (χ1) is 14.4. The SMILES string of the molecule is Cc1cc(NC(=O)N2CCC[C@H]2C(N)=O)ncc1-c1ccnc(C(C)(C)C(F)(F)F)c1. The van der Waals surface area contributed by atoms with Gasteiger partial charge in [0, 0.05) is 24.5 Å². The van der Waals surface area contributed by atoms with E-state index in [1.807, 2.05) is 0 Å². The Morgan fingerprint density at radius 1 is 1.23 bits per heavy atom. The molecule has 2 aromatic rings. The fourth-order valence-corrected chi connectivity index (χ4v) is 3.50. The highest BCUT2D eigenvalue weighted by molar-refractivity contribution is 5.93. The fourth-order valence-electron chi connectivity index (χ4n) is 3.50. The number of pyridine rings is 2. The van der Waals surface area contributed by atoms with Crippen LogP contribution < -0.4 is 11.1 Å². The predicted molar refractivity (Wildman–Crippen MR) is 109 cm³/mol. The summed E-state index contributed by atoms with van der Waals surface area (Å²) >= 11 is 0. The monoisotopic (exact) mass is 435 g/mol. The maximum atomic E-state index is 13.4. The number of carbonyl (C=O) groups excluding carboxylic acids is 2. The Hall–Kier alpha value is -3.17. The number of nitrogens with two attached hydrogens (primary N) is 1. The van der Waals surface area contributed by atoms with E-state index in [-0.39, 0.29) is 11.5 Å². The van der Waals surface area contributed by atoms with Crippen LogP contribution in [0.3, 0.4) is 0 Å². The number of urea groups is 1. The molecule has 3 N–H and O–H groups in total. The summed E-state index contributed by atoms with van der Waals surface area (Å²) in [5.74, 6) is -0.284. The van der Waals surface area contributed by atoms with E-state index in [1.54, 1.807) is 19.1 Å². The molecule has 1 aliphatic rings. The normalized spacial score (nSPS) is 17.0. The predicted octanol–water partition coefficient (Wildman–Crippen LogP) is 3.77. The zero-order valence-electron chi connectivity index (χ0n) is 17.5. The van der Waals surface area contributed by atoms with E-state index in [2.05, 4.69) is 15.3 Å². The lowest BCUT2D eigenvalue weighted by Crippen LogP contribution is -2.45. The van der Waals surface area contributed by atoms with Crippen LogP contribution in [0.15, 0.2) is 30.6 Å². The van der Waals surface area contributed by atoms with Crippen molar-refractivity contribution in [2.45, 2.75) is 51.2 Å². The number of anilines is 1. The maximum Gasteiger partial charge on any atom is 0.399 e. The molecule has 1 atom stereocenters. The fraction of sp³-hybridized carbons (Fsp3) is 0.429. The number of alkyl halides is 3. The quantitative estimate of drug-likeness (QED) is 0.763. The van der Waals surface area contributed by atoms with Crippen molar-refractivity contribution in [3.8, 4) is 11.1 Å². The minimum Gasteiger partial charge on any atom is -0.368 e. The van der Waals surface area contributed by atoms with Gasteiger partial charge in [0.2, 0.25) is 5.91 Å². The number of amides is 3. The average molecular weight is 435 g/mol. The van der Waals surface area contributed by atoms with E-state index in [1.165, 1.54) is 23.4 Å². The van der Waals surface area contributed by atoms with Crippen LogP contribution in [-0.2, 0) is 10.2 Å². The molecule has 1 fully saturated rings. The number of aromatic nitrogens is 2. The number of hydrogen-bond donors (Lipinski definition) is 2. The summed E-state index contributed by atoms with van der Waals surface area (Å²) in [4.78, 5) is 33.5. The number of halogens is 3. The number of primary amides is 1. The highest BCUT2D eigenvalue weighted by atomic mass is 19.4. The number of hydrogen-bond acceptors (Lipinski definition) is 4. The van der Waals surface area contributed by atoms with E-state index in [9.17, 15) is 22.8 Å². The molecule has 3 heterocycles. The van der Waals surface area contributed by atoms with Gasteiger partial charge in [-0.2, -0.15) is 13.2 Å². The van der Waals surface area contributed by atoms with Crippen molar-refractivity contribution in [1.29, 1.82) is 0 Å². The van der Waals surface area contributed by atoms with Gasteiger partial charge in [0.25, 0.3) is 0 Å². The lowest BCUT2D eigenvalue weighted by Gasteiger charge is -2.27. The Morgan fingerprint density at radius 3 is 2.55 bits per heavy atom. The van der Waals surface area contributed by atoms with Gasteiger partial charge in [-0.1, -0.05) is 0 Å². The molecule has 7 nitrogen and oxygen atoms in total. The van der Waals surface area contributed by atoms with E-state index in [0.29, 0.717) is 36.1 Å². The summed E-state index contributed by atoms with van der Waals surface area (Å²) in [6.45, 7) is 4.36. The van der Waals surface area contributed by atoms with Gasteiger partial charge < -0.3 is 10.6 Å². The second kappa shape index (κ2) is 8.16. The number of nitrogens with zero attached hydrogens (tertiary/aromatic N) is 3. The van der Waals surface area contributed by atoms with Crippen LogP contribution in [0.5, 0.6) is 0 Å². The van der Waals surface area contributed by atoms with Crippen LogP contribution in [0.1, 0.15) is 37.9 Å². The minimum atomic E-state index is -4.45. The second-order valence-corrected chi connectivity index (χ2v) is 8.12. The first kappa shape index (κ1) is 22.5. The van der Waals surface area contributed by atoms with Crippen molar-refractivity contribution in [2.75, 3.05) is 11.9 Å². The van der Waals surface area contributed by atoms with Gasteiger partial charge in [-0.05, 0) is 62.9 Å². The average Bonchev–Trinajstić information content (AvgIpc) is 3.18. The third-order valence-corrected chi connectivity index (χ3v) is 5.61. The topological polar surface area (TPSA) is 101 Å². The maximum absolute atomic E-state index is 13.4. The Morgan fingerprint density at radius 2 is 1.94 bits per heavy atom. The number of carbonyl (C=O) groups is 2. The van der Waals surface area contributed by atoms with E-state index < -0.39 is 29.6 Å². The molecular weight excluding hydrogens is 411 g/mol. The summed E-state index contributed by atoms with van der Waals surface area (Å²) in [5, 5.41) is 2.65. The molecule has 0 aromatic carbocycles. The van der Waals surface area contributed by atoms with Crippen LogP contribution in [0.2, 0.25) is 0 Å². The van der Waals surface area contributed by atoms with Crippen LogP contribution in [0, 0.1) is 6.92 Å². The Bertz CT molecular complexity index is 1010. The number of likely N-dealkylation sites (tertiary alicyclic amines) is 1. The Balaban J connectivity index is 1.83. The van der Waals surface area contributed by atoms with Crippen LogP contribution in [0.4, 0.5) is 23.8 Å². The van der Waals surface area contributed by atoms with Gasteiger partial charge in [-0.3, -0.25) is 15.1 Å². The van der Waals surface area contributed by atoms with E-state index >= 15 is 0 Å². The number of aryl methyl sites for hydroxylation is 1. The summed E-state index contributed by atoms with van der Waals surface area (Å²) in [7, 11) is 0. The minimum absolute atomic E-state index is 0.0965. The highest BCUT2D eigenvalue weighted by Crippen LogP contribution is 2.40. The summed E-state index contributed by atoms with van der Waals surface area (Å²) in [6, 6.07) is 3.52. The molecule has 0 spiro atoms. The molecule has 166 valence electrons. The molecule has 0 bridgehead atoms. The van der Waals surface area contributed by atoms with Gasteiger partial charge >= 0.3 is 12.2 Å². The van der Waals surface area contributed by atoms with Crippen molar-refractivity contribution in [3.05, 3.63) is 41.9 Å². The van der Waals surface area contributed by atoms with Gasteiger partial charge in [0.15, 0.2) is 0 Å². The van der Waals surface area contributed by atoms with Crippen molar-refractivity contribution < 1.29 is 22.8 Å². The molecule has 0 saturated carbocycles. The van der Waals surface area contributed by atoms with E-state index in [0.717, 1.165) is 13.8 Å². The zero-order chi connectivity index (χ0) is 23.0. The third kappa shape index (κ3) is 4.47. The first-order valence-corrected chi connectivity index (χ1v) is 9.79. The van der Waals surface area contributed by atoms with Crippen LogP contribution in [0.25, 0.3) is 11.1 Å². The second-order valence-electron chi connectivity index (χ2n) is 8.12. The molecule has 0 unspecified atom stereocenters. The summed E-state index contributed by atoms with van der Waals surface area (Å²) in [6.07, 6.45) is -0.416. The molecule has 3 rings (SSSR count). The molecule has 2 aromatic heterocycles. The Labute approximate surface area is 177 Å². The van der Waals surface area contributed by atoms with Crippen LogP contribution in [-0.4, -0.2) is 45.6 Å². The molecule has 3 amide bonds. The molecule has 1 saturated heterocycles. The molecule has 0 radical (unpaired) electrons. The standard InChI is InChI=1S/C21H24F3N5O2/c1-12-9-17(28-19(31)29-8-4-5-15(29)18(25)30)27-11-14(12)13-6-7-26-16(10-13)20(2,3)21(22,23)24/h6-7,9-11,15H,4-5,8H2,1-3H3,(H2,25,30)(H,27,28,31)/t15-/m0/s1. The first-order valence-electron chi connectivity index (χ1n) is 9.79. The van der Waals surface area contributed by atoms with Crippen LogP contribution >= 0.6 is 0 Å². The lowest BCUT2D eigenvalue weighted by molar-refractivity contribution is -0.181. The molecule has 0 aliphatic carbocycles. The van der Waals surface area contributed by atoms with E-state index in [4.69, 9.17) is 5.73 Å².